The number of fused-ring (bicyclic) bond motifs is 2. The highest BCUT2D eigenvalue weighted by molar-refractivity contribution is 7.89. The van der Waals surface area contributed by atoms with Crippen molar-refractivity contribution in [2.24, 2.45) is 0 Å². The number of rotatable bonds is 9. The lowest BCUT2D eigenvalue weighted by Crippen LogP contribution is -2.32. The third-order valence-electron chi connectivity index (χ3n) is 6.18. The van der Waals surface area contributed by atoms with Gasteiger partial charge in [-0.15, -0.1) is 0 Å². The molecule has 1 aliphatic rings. The predicted molar refractivity (Wildman–Crippen MR) is 131 cm³/mol. The van der Waals surface area contributed by atoms with Gasteiger partial charge in [-0.1, -0.05) is 31.5 Å². The number of aryl methyl sites for hydroxylation is 2. The van der Waals surface area contributed by atoms with E-state index >= 15 is 0 Å². The Bertz CT molecular complexity index is 1280. The minimum absolute atomic E-state index is 0.0355. The van der Waals surface area contributed by atoms with Gasteiger partial charge in [-0.3, -0.25) is 4.79 Å². The topological polar surface area (TPSA) is 93.5 Å². The van der Waals surface area contributed by atoms with Gasteiger partial charge in [0.1, 0.15) is 11.6 Å². The van der Waals surface area contributed by atoms with E-state index in [9.17, 15) is 13.2 Å². The van der Waals surface area contributed by atoms with Crippen LogP contribution in [0.5, 0.6) is 5.75 Å². The van der Waals surface area contributed by atoms with Gasteiger partial charge in [0.2, 0.25) is 15.9 Å². The van der Waals surface area contributed by atoms with E-state index in [4.69, 9.17) is 9.72 Å². The zero-order chi connectivity index (χ0) is 24.3. The number of carbonyl (C=O) groups excluding carboxylic acids is 1. The molecule has 0 saturated heterocycles. The van der Waals surface area contributed by atoms with Crippen LogP contribution in [0.2, 0.25) is 0 Å². The van der Waals surface area contributed by atoms with E-state index in [1.165, 1.54) is 18.4 Å². The van der Waals surface area contributed by atoms with E-state index in [1.807, 2.05) is 30.3 Å². The Morgan fingerprint density at radius 3 is 2.79 bits per heavy atom. The molecular weight excluding hydrogens is 452 g/mol. The van der Waals surface area contributed by atoms with Crippen molar-refractivity contribution in [1.29, 1.82) is 0 Å². The van der Waals surface area contributed by atoms with Crippen LogP contribution < -0.4 is 10.1 Å². The van der Waals surface area contributed by atoms with Crippen molar-refractivity contribution in [2.75, 3.05) is 20.7 Å². The van der Waals surface area contributed by atoms with Gasteiger partial charge in [0.05, 0.1) is 28.6 Å². The average Bonchev–Trinajstić information content (AvgIpc) is 3.18. The third kappa shape index (κ3) is 4.95. The molecule has 2 heterocycles. The van der Waals surface area contributed by atoms with Gasteiger partial charge in [-0.05, 0) is 30.7 Å². The molecule has 1 N–H and O–H groups in total. The molecule has 3 aromatic rings. The average molecular weight is 485 g/mol. The van der Waals surface area contributed by atoms with Gasteiger partial charge in [0, 0.05) is 45.5 Å². The largest absolute Gasteiger partial charge is 0.493 e. The van der Waals surface area contributed by atoms with Crippen molar-refractivity contribution in [2.45, 2.75) is 56.5 Å². The normalized spacial score (nSPS) is 15.8. The first-order valence-electron chi connectivity index (χ1n) is 11.7. The summed E-state index contributed by atoms with van der Waals surface area (Å²) in [5.41, 5.74) is 2.53. The molecule has 1 aliphatic heterocycles. The van der Waals surface area contributed by atoms with Crippen LogP contribution in [0.3, 0.4) is 0 Å². The SMILES string of the molecule is CCCCn1c(CCC(=O)NC2CCOc3ccccc32)nc2cc(S(=O)(=O)N(C)C)ccc21. The molecule has 0 bridgehead atoms. The maximum Gasteiger partial charge on any atom is 0.242 e. The molecule has 1 aromatic heterocycles. The summed E-state index contributed by atoms with van der Waals surface area (Å²) in [5.74, 6) is 1.58. The van der Waals surface area contributed by atoms with Crippen LogP contribution in [0.25, 0.3) is 11.0 Å². The standard InChI is InChI=1S/C25H32N4O4S/c1-4-5-15-29-22-11-10-18(34(31,32)28(2)3)17-21(22)26-24(29)12-13-25(30)27-20-14-16-33-23-9-7-6-8-19(20)23/h6-11,17,20H,4-5,12-16H2,1-3H3,(H,27,30). The highest BCUT2D eigenvalue weighted by atomic mass is 32.2. The molecule has 1 unspecified atom stereocenters. The summed E-state index contributed by atoms with van der Waals surface area (Å²) in [7, 11) is -0.517. The number of hydrogen-bond donors (Lipinski definition) is 1. The van der Waals surface area contributed by atoms with Gasteiger partial charge < -0.3 is 14.6 Å². The Kier molecular flexibility index (Phi) is 7.23. The van der Waals surface area contributed by atoms with E-state index in [2.05, 4.69) is 16.8 Å². The number of benzene rings is 2. The zero-order valence-corrected chi connectivity index (χ0v) is 20.8. The van der Waals surface area contributed by atoms with Crippen molar-refractivity contribution in [3.63, 3.8) is 0 Å². The fraction of sp³-hybridized carbons (Fsp3) is 0.440. The number of unbranched alkanes of at least 4 members (excludes halogenated alkanes) is 1. The molecule has 4 rings (SSSR count). The second kappa shape index (κ2) is 10.1. The Morgan fingerprint density at radius 1 is 1.24 bits per heavy atom. The molecule has 0 spiro atoms. The first-order chi connectivity index (χ1) is 16.3. The van der Waals surface area contributed by atoms with Crippen LogP contribution in [-0.4, -0.2) is 48.9 Å². The van der Waals surface area contributed by atoms with Gasteiger partial charge >= 0.3 is 0 Å². The quantitative estimate of drug-likeness (QED) is 0.500. The minimum Gasteiger partial charge on any atom is -0.493 e. The lowest BCUT2D eigenvalue weighted by molar-refractivity contribution is -0.122. The van der Waals surface area contributed by atoms with Crippen LogP contribution in [0.15, 0.2) is 47.4 Å². The molecule has 2 aromatic carbocycles. The van der Waals surface area contributed by atoms with E-state index in [1.54, 1.807) is 12.1 Å². The van der Waals surface area contributed by atoms with Crippen molar-refractivity contribution >= 4 is 27.0 Å². The molecule has 0 fully saturated rings. The van der Waals surface area contributed by atoms with E-state index in [0.29, 0.717) is 25.0 Å². The van der Waals surface area contributed by atoms with Crippen molar-refractivity contribution < 1.29 is 17.9 Å². The summed E-state index contributed by atoms with van der Waals surface area (Å²) in [5, 5.41) is 3.14. The first kappa shape index (κ1) is 24.2. The number of ether oxygens (including phenoxy) is 1. The molecule has 9 heteroatoms. The van der Waals surface area contributed by atoms with E-state index in [-0.39, 0.29) is 16.8 Å². The number of aromatic nitrogens is 2. The number of nitrogens with one attached hydrogen (secondary N) is 1. The fourth-order valence-electron chi connectivity index (χ4n) is 4.27. The summed E-state index contributed by atoms with van der Waals surface area (Å²) in [6, 6.07) is 12.8. The van der Waals surface area contributed by atoms with Crippen LogP contribution in [0.1, 0.15) is 50.0 Å². The van der Waals surface area contributed by atoms with Gasteiger partial charge in [0.25, 0.3) is 0 Å². The highest BCUT2D eigenvalue weighted by Gasteiger charge is 2.23. The summed E-state index contributed by atoms with van der Waals surface area (Å²) in [6.07, 6.45) is 3.51. The lowest BCUT2D eigenvalue weighted by Gasteiger charge is -2.26. The molecule has 8 nitrogen and oxygen atoms in total. The van der Waals surface area contributed by atoms with Gasteiger partial charge in [-0.2, -0.15) is 0 Å². The number of nitrogens with zero attached hydrogens (tertiary/aromatic N) is 3. The fourth-order valence-corrected chi connectivity index (χ4v) is 5.19. The molecule has 1 atom stereocenters. The second-order valence-electron chi connectivity index (χ2n) is 8.77. The third-order valence-corrected chi connectivity index (χ3v) is 7.99. The van der Waals surface area contributed by atoms with Crippen molar-refractivity contribution in [1.82, 2.24) is 19.2 Å². The number of imidazole rings is 1. The van der Waals surface area contributed by atoms with Crippen molar-refractivity contribution in [3.8, 4) is 5.75 Å². The second-order valence-corrected chi connectivity index (χ2v) is 10.9. The summed E-state index contributed by atoms with van der Waals surface area (Å²) >= 11 is 0. The number of para-hydroxylation sites is 1. The zero-order valence-electron chi connectivity index (χ0n) is 20.0. The number of sulfonamides is 1. The maximum absolute atomic E-state index is 12.8. The highest BCUT2D eigenvalue weighted by Crippen LogP contribution is 2.31. The molecule has 0 radical (unpaired) electrons. The van der Waals surface area contributed by atoms with Crippen LogP contribution in [0, 0.1) is 0 Å². The molecule has 0 aliphatic carbocycles. The first-order valence-corrected chi connectivity index (χ1v) is 13.2. The lowest BCUT2D eigenvalue weighted by atomic mass is 10.0. The number of carbonyl (C=O) groups is 1. The summed E-state index contributed by atoms with van der Waals surface area (Å²) < 4.78 is 34.1. The van der Waals surface area contributed by atoms with E-state index < -0.39 is 10.0 Å². The molecule has 34 heavy (non-hydrogen) atoms. The summed E-state index contributed by atoms with van der Waals surface area (Å²) in [6.45, 7) is 3.48. The molecular formula is C25H32N4O4S. The Hall–Kier alpha value is -2.91. The Morgan fingerprint density at radius 2 is 2.03 bits per heavy atom. The number of amides is 1. The molecule has 1 amide bonds. The number of hydrogen-bond acceptors (Lipinski definition) is 5. The Labute approximate surface area is 201 Å². The molecule has 0 saturated carbocycles. The smallest absolute Gasteiger partial charge is 0.242 e. The monoisotopic (exact) mass is 484 g/mol. The maximum atomic E-state index is 12.8. The minimum atomic E-state index is -3.55. The van der Waals surface area contributed by atoms with Crippen LogP contribution >= 0.6 is 0 Å². The molecule has 182 valence electrons. The Balaban J connectivity index is 1.53. The van der Waals surface area contributed by atoms with Crippen molar-refractivity contribution in [3.05, 3.63) is 53.9 Å². The van der Waals surface area contributed by atoms with Crippen LogP contribution in [-0.2, 0) is 27.8 Å². The van der Waals surface area contributed by atoms with E-state index in [0.717, 1.165) is 48.5 Å². The predicted octanol–water partition coefficient (Wildman–Crippen LogP) is 3.66. The van der Waals surface area contributed by atoms with Gasteiger partial charge in [-0.25, -0.2) is 17.7 Å². The summed E-state index contributed by atoms with van der Waals surface area (Å²) in [4.78, 5) is 17.8. The van der Waals surface area contributed by atoms with Crippen LogP contribution in [0.4, 0.5) is 0 Å². The van der Waals surface area contributed by atoms with Gasteiger partial charge in [0.15, 0.2) is 0 Å².